The molecule has 4 N–H and O–H groups in total. The van der Waals surface area contributed by atoms with Crippen molar-refractivity contribution in [3.63, 3.8) is 0 Å². The van der Waals surface area contributed by atoms with E-state index < -0.39 is 67.8 Å². The zero-order valence-corrected chi connectivity index (χ0v) is 84.9. The first-order valence-corrected chi connectivity index (χ1v) is 46.7. The number of aliphatic hydroxyl groups is 4. The molecule has 0 amide bonds. The Hall–Kier alpha value is -13.5. The Morgan fingerprint density at radius 2 is 0.738 bits per heavy atom. The molecule has 0 fully saturated rings. The zero-order valence-electron chi connectivity index (χ0n) is 80.2. The van der Waals surface area contributed by atoms with Gasteiger partial charge in [-0.25, -0.2) is 37.2 Å². The van der Waals surface area contributed by atoms with Gasteiger partial charge in [-0.15, -0.1) is 26.6 Å². The Morgan fingerprint density at radius 3 is 1.08 bits per heavy atom. The van der Waals surface area contributed by atoms with Crippen LogP contribution in [0.3, 0.4) is 0 Å². The van der Waals surface area contributed by atoms with E-state index >= 15 is 0 Å². The molecule has 0 aliphatic rings. The molecule has 32 nitrogen and oxygen atoms in total. The van der Waals surface area contributed by atoms with Crippen molar-refractivity contribution in [3.05, 3.63) is 337 Å². The highest BCUT2D eigenvalue weighted by Gasteiger charge is 2.30. The first-order valence-electron chi connectivity index (χ1n) is 43.5. The number of aryl methyl sites for hydroxylation is 12. The van der Waals surface area contributed by atoms with Crippen LogP contribution in [-0.2, 0) is 48.8 Å². The molecule has 16 rings (SSSR count). The molecule has 734 valence electrons. The molecule has 16 aromatic rings. The molecule has 141 heavy (non-hydrogen) atoms. The summed E-state index contributed by atoms with van der Waals surface area (Å²) in [4.78, 5) is 95.6. The molecule has 0 atom stereocenters. The average Bonchev–Trinajstić information content (AvgIpc) is 1.71. The molecule has 16 aromatic heterocycles. The number of rotatable bonds is 25. The maximum atomic E-state index is 14.1. The summed E-state index contributed by atoms with van der Waals surface area (Å²) in [5.74, 6) is -0.755. The Labute approximate surface area is 834 Å². The third-order valence-corrected chi connectivity index (χ3v) is 25.5. The average molecular weight is 2040 g/mol. The van der Waals surface area contributed by atoms with Crippen molar-refractivity contribution in [1.29, 1.82) is 0 Å². The quantitative estimate of drug-likeness (QED) is 0.0386. The van der Waals surface area contributed by atoms with Gasteiger partial charge in [0.15, 0.2) is 16.6 Å². The summed E-state index contributed by atoms with van der Waals surface area (Å²) >= 11 is 28.1. The lowest BCUT2D eigenvalue weighted by Crippen LogP contribution is -2.30. The largest absolute Gasteiger partial charge is 0.485 e. The van der Waals surface area contributed by atoms with E-state index in [1.807, 2.05) is 46.9 Å². The van der Waals surface area contributed by atoms with Crippen molar-refractivity contribution in [2.75, 3.05) is 6.61 Å². The van der Waals surface area contributed by atoms with Crippen LogP contribution < -0.4 is 41.2 Å². The van der Waals surface area contributed by atoms with Gasteiger partial charge < -0.3 is 39.4 Å². The number of aliphatic hydroxyl groups excluding tert-OH is 1. The van der Waals surface area contributed by atoms with Crippen molar-refractivity contribution in [1.82, 2.24) is 97.9 Å². The zero-order chi connectivity index (χ0) is 103. The van der Waals surface area contributed by atoms with Crippen molar-refractivity contribution >= 4 is 69.1 Å². The van der Waals surface area contributed by atoms with Crippen LogP contribution in [0.1, 0.15) is 161 Å². The fraction of sp³-hybridized carbons (Fsp3) is 0.293. The lowest BCUT2D eigenvalue weighted by Gasteiger charge is -2.22. The van der Waals surface area contributed by atoms with Crippen molar-refractivity contribution in [2.24, 2.45) is 0 Å². The molecular formula is C99H98Cl4F4N20O12S2. The highest BCUT2D eigenvalue weighted by molar-refractivity contribution is 7.14. The third kappa shape index (κ3) is 24.0. The number of ether oxygens (including phenoxy) is 4. The number of aromatic nitrogens is 20. The fourth-order valence-electron chi connectivity index (χ4n) is 13.9. The summed E-state index contributed by atoms with van der Waals surface area (Å²) < 4.78 is 88.1. The van der Waals surface area contributed by atoms with Crippen LogP contribution in [0, 0.1) is 106 Å². The van der Waals surface area contributed by atoms with Crippen LogP contribution in [0.25, 0.3) is 61.9 Å². The fourth-order valence-corrected chi connectivity index (χ4v) is 16.3. The van der Waals surface area contributed by atoms with Crippen LogP contribution in [-0.4, -0.2) is 125 Å². The van der Waals surface area contributed by atoms with E-state index in [0.29, 0.717) is 111 Å². The Balaban J connectivity index is 0.000000158. The van der Waals surface area contributed by atoms with Crippen molar-refractivity contribution in [2.45, 2.75) is 187 Å². The molecule has 0 aromatic carbocycles. The van der Waals surface area contributed by atoms with Gasteiger partial charge >= 0.3 is 0 Å². The molecule has 0 saturated heterocycles. The summed E-state index contributed by atoms with van der Waals surface area (Å²) in [6.45, 7) is 34.0. The molecule has 0 bridgehead atoms. The molecule has 0 spiro atoms. The van der Waals surface area contributed by atoms with Crippen LogP contribution in [0.2, 0.25) is 20.1 Å². The summed E-state index contributed by atoms with van der Waals surface area (Å²) in [6, 6.07) is 18.9. The smallest absolute Gasteiger partial charge is 0.277 e. The van der Waals surface area contributed by atoms with E-state index in [2.05, 4.69) is 70.2 Å². The molecule has 42 heteroatoms. The van der Waals surface area contributed by atoms with Gasteiger partial charge in [-0.05, 0) is 225 Å². The molecule has 16 heterocycles. The predicted molar refractivity (Wildman–Crippen MR) is 529 cm³/mol. The van der Waals surface area contributed by atoms with Gasteiger partial charge in [0, 0.05) is 120 Å². The Bertz CT molecular complexity index is 7190. The highest BCUT2D eigenvalue weighted by atomic mass is 35.5. The summed E-state index contributed by atoms with van der Waals surface area (Å²) in [5, 5.41) is 59.8. The lowest BCUT2D eigenvalue weighted by molar-refractivity contribution is 0.0687. The van der Waals surface area contributed by atoms with Gasteiger partial charge in [0.05, 0.1) is 52.5 Å². The molecular weight excluding hydrogens is 1940 g/mol. The number of halogens is 8. The highest BCUT2D eigenvalue weighted by Crippen LogP contribution is 2.37. The maximum absolute atomic E-state index is 14.1. The molecule has 0 aliphatic heterocycles. The van der Waals surface area contributed by atoms with Crippen molar-refractivity contribution < 1.29 is 56.9 Å². The first kappa shape index (κ1) is 105. The van der Waals surface area contributed by atoms with E-state index in [-0.39, 0.29) is 105 Å². The third-order valence-electron chi connectivity index (χ3n) is 21.7. The minimum atomic E-state index is -1.22. The van der Waals surface area contributed by atoms with Gasteiger partial charge in [-0.1, -0.05) is 57.7 Å². The SMILES string of the molecule is Cc1cnc(COc2cc(C)n(-c3cc(-c4cnn(C(C)(C)CO)c4)ncc3C)c(=O)c2Cl)c(F)c1.Cc1cnc(COc2cc(C)n(-c3cc(-c4csc(C(C)(C)O)n4)ncc3C)c(=O)c2Cl)c(F)c1.Cc1cnc(COc2cc(C)n(-c3cc(-c4nnc(C(C)(C)O)s4)ncc3C)c(=O)c2Cl)c(F)c1.Cc1cnc(COc2cc(C)n(-c3cc(-n4cnc(C(C)(C)O)n4)ncc3C)c(=O)c2Cl)c(F)c1. The van der Waals surface area contributed by atoms with Gasteiger partial charge in [0.2, 0.25) is 0 Å². The normalized spacial score (nSPS) is 11.7. The summed E-state index contributed by atoms with van der Waals surface area (Å²) in [6.07, 6.45) is 17.6. The predicted octanol–water partition coefficient (Wildman–Crippen LogP) is 18.2. The Morgan fingerprint density at radius 1 is 0.390 bits per heavy atom. The van der Waals surface area contributed by atoms with Crippen LogP contribution in [0.4, 0.5) is 17.6 Å². The van der Waals surface area contributed by atoms with E-state index in [1.165, 1.54) is 82.4 Å². The van der Waals surface area contributed by atoms with Gasteiger partial charge in [0.1, 0.15) is 160 Å². The number of nitrogens with zero attached hydrogens (tertiary/aromatic N) is 20. The number of thiazole rings is 1. The van der Waals surface area contributed by atoms with Gasteiger partial charge in [0.25, 0.3) is 22.2 Å². The first-order chi connectivity index (χ1) is 66.4. The number of hydrogen-bond acceptors (Lipinski definition) is 28. The second kappa shape index (κ2) is 42.9. The second-order valence-electron chi connectivity index (χ2n) is 35.5. The second-order valence-corrected chi connectivity index (χ2v) is 38.9. The number of pyridine rings is 12. The maximum Gasteiger partial charge on any atom is 0.277 e. The minimum Gasteiger partial charge on any atom is -0.485 e. The molecule has 0 aliphatic carbocycles. The topological polar surface area (TPSA) is 396 Å². The van der Waals surface area contributed by atoms with Gasteiger partial charge in [-0.2, -0.15) is 5.10 Å². The molecule has 0 unspecified atom stereocenters. The van der Waals surface area contributed by atoms with E-state index in [9.17, 15) is 57.2 Å². The van der Waals surface area contributed by atoms with E-state index in [1.54, 1.807) is 206 Å². The van der Waals surface area contributed by atoms with Crippen molar-refractivity contribution in [3.8, 4) is 84.9 Å². The van der Waals surface area contributed by atoms with Crippen LogP contribution in [0.5, 0.6) is 23.0 Å². The Kier molecular flexibility index (Phi) is 31.9. The van der Waals surface area contributed by atoms with E-state index in [4.69, 9.17) is 65.4 Å². The molecule has 0 radical (unpaired) electrons. The summed E-state index contributed by atoms with van der Waals surface area (Å²) in [7, 11) is 0. The number of hydrogen-bond donors (Lipinski definition) is 4. The monoisotopic (exact) mass is 2040 g/mol. The van der Waals surface area contributed by atoms with Crippen LogP contribution >= 0.6 is 69.1 Å². The van der Waals surface area contributed by atoms with E-state index in [0.717, 1.165) is 27.8 Å². The minimum absolute atomic E-state index is 0.0746. The summed E-state index contributed by atoms with van der Waals surface area (Å²) in [5.41, 5.74) is 7.87. The standard InChI is InChI=1S/C26H27ClFN5O3.C25H24ClFN4O3S.C24H24ClFN6O3.C24H23ClFN5O3S/c1-15-6-19(28)21(29-9-15)13-36-23-7-17(3)33(25(35)24(23)27)22-8-20(30-10-16(22)2)18-11-31-32(12-18)26(4,5)14-34;1-13-6-16(27)18(28-9-13)11-34-21-7-15(3)31(23(32)22(21)26)20-8-17(29-10-14(20)2)19-12-35-24(30-19)25(4,5)33;1-13-6-16(26)17(27-9-13)11-35-19-7-15(3)32(22(33)21(19)25)18-8-20(28-10-14(18)2)31-12-29-23(30-31)24(4,5)34;1-12-6-15(26)17(27-9-12)11-34-19-7-14(3)31(22(32)20(19)25)18-8-16(28-10-13(18)2)21-29-30-23(35-21)24(4,5)33/h6-12,34H,13-14H2,1-5H3;6-10,12,33H,11H2,1-5H3;6-10,12,34H,11H2,1-5H3;6-10,33H,11H2,1-5H3. The lowest BCUT2D eigenvalue weighted by atomic mass is 10.1. The van der Waals surface area contributed by atoms with Crippen LogP contribution in [0.15, 0.2) is 166 Å². The van der Waals surface area contributed by atoms with Gasteiger partial charge in [-0.3, -0.25) is 77.0 Å². The molecule has 0 saturated carbocycles.